The molecule has 0 saturated carbocycles. The van der Waals surface area contributed by atoms with Gasteiger partial charge in [0.05, 0.1) is 6.95 Å². The predicted molar refractivity (Wildman–Crippen MR) is 198 cm³/mol. The van der Waals surface area contributed by atoms with Crippen LogP contribution in [-0.4, -0.2) is 23.2 Å². The number of pyridine rings is 2. The first-order chi connectivity index (χ1) is 23.3. The quantitative estimate of drug-likeness (QED) is 0.128. The van der Waals surface area contributed by atoms with Gasteiger partial charge in [-0.15, -0.1) is 17.7 Å². The van der Waals surface area contributed by atoms with Gasteiger partial charge in [0.2, 0.25) is 0 Å². The summed E-state index contributed by atoms with van der Waals surface area (Å²) in [7, 11) is 0. The van der Waals surface area contributed by atoms with Crippen LogP contribution < -0.4 is 4.40 Å². The minimum atomic E-state index is -1.72. The minimum absolute atomic E-state index is 0. The van der Waals surface area contributed by atoms with Gasteiger partial charge in [-0.1, -0.05) is 96.4 Å². The predicted octanol–water partition coefficient (Wildman–Crippen LogP) is 10.9. The average molecular weight is 861 g/mol. The molecular formula is C43H34GeIrN2O-2. The molecule has 0 aliphatic rings. The van der Waals surface area contributed by atoms with Crippen LogP contribution in [0.15, 0.2) is 156 Å². The maximum absolute atomic E-state index is 7.85. The second kappa shape index (κ2) is 14.7. The molecule has 0 amide bonds. The fraction of sp³-hybridized carbons (Fsp3) is 0.0698. The Morgan fingerprint density at radius 1 is 0.646 bits per heavy atom. The Morgan fingerprint density at radius 3 is 2.10 bits per heavy atom. The molecule has 237 valence electrons. The molecule has 3 heterocycles. The van der Waals surface area contributed by atoms with E-state index in [1.54, 1.807) is 18.3 Å². The molecule has 3 nitrogen and oxygen atoms in total. The molecule has 0 aliphatic carbocycles. The van der Waals surface area contributed by atoms with Crippen molar-refractivity contribution in [2.24, 2.45) is 0 Å². The second-order valence-corrected chi connectivity index (χ2v) is 23.1. The molecule has 0 unspecified atom stereocenters. The van der Waals surface area contributed by atoms with Crippen molar-refractivity contribution in [3.8, 4) is 44.8 Å². The molecule has 0 bridgehead atoms. The van der Waals surface area contributed by atoms with E-state index in [2.05, 4.69) is 118 Å². The fourth-order valence-electron chi connectivity index (χ4n) is 5.61. The first-order valence-corrected chi connectivity index (χ1v) is 23.1. The smallest absolute Gasteiger partial charge is 0 e. The van der Waals surface area contributed by atoms with Crippen LogP contribution in [0.1, 0.15) is 1.37 Å². The van der Waals surface area contributed by atoms with E-state index in [4.69, 9.17) is 5.79 Å². The Morgan fingerprint density at radius 2 is 1.40 bits per heavy atom. The summed E-state index contributed by atoms with van der Waals surface area (Å²) >= 11 is -1.72. The van der Waals surface area contributed by atoms with E-state index in [0.29, 0.717) is 6.04 Å². The largest absolute Gasteiger partial charge is 0 e. The van der Waals surface area contributed by atoms with Crippen molar-refractivity contribution in [1.82, 2.24) is 9.97 Å². The van der Waals surface area contributed by atoms with E-state index >= 15 is 0 Å². The van der Waals surface area contributed by atoms with E-state index in [0.717, 1.165) is 55.6 Å². The zero-order chi connectivity index (χ0) is 33.1. The van der Waals surface area contributed by atoms with Crippen molar-refractivity contribution >= 4 is 39.6 Å². The monoisotopic (exact) mass is 862 g/mol. The van der Waals surface area contributed by atoms with E-state index in [1.807, 2.05) is 48.7 Å². The van der Waals surface area contributed by atoms with Gasteiger partial charge in [-0.2, -0.15) is 0 Å². The van der Waals surface area contributed by atoms with Crippen LogP contribution in [0.25, 0.3) is 66.7 Å². The zero-order valence-corrected chi connectivity index (χ0v) is 31.5. The van der Waals surface area contributed by atoms with Crippen LogP contribution in [0, 0.1) is 12.1 Å². The van der Waals surface area contributed by atoms with Crippen LogP contribution in [0.5, 0.6) is 0 Å². The number of nitrogens with zero attached hydrogens (tertiary/aromatic N) is 2. The Hall–Kier alpha value is -4.61. The molecule has 8 rings (SSSR count). The molecule has 3 aromatic heterocycles. The SMILES string of the molecule is [2H]c1ccnc(-c2[c-]cc3c(c2)oc2c(-c4ccc(-c5ccccc5)cc4)cccc23)c1.[CH3][Ge]([CH3])([CH3])[c]1ccc(-c2[c-]cccc2)nc1.[Ir]. The van der Waals surface area contributed by atoms with Crippen LogP contribution in [0.2, 0.25) is 17.3 Å². The summed E-state index contributed by atoms with van der Waals surface area (Å²) in [6.07, 6.45) is 3.68. The van der Waals surface area contributed by atoms with Crippen LogP contribution >= 0.6 is 0 Å². The number of aromatic nitrogens is 2. The van der Waals surface area contributed by atoms with Gasteiger partial charge < -0.3 is 9.40 Å². The molecule has 0 fully saturated rings. The summed E-state index contributed by atoms with van der Waals surface area (Å²) in [4.78, 5) is 8.91. The summed E-state index contributed by atoms with van der Waals surface area (Å²) in [5.41, 5.74) is 9.83. The first kappa shape index (κ1) is 32.0. The number of hydrogen-bond acceptors (Lipinski definition) is 3. The molecular weight excluding hydrogens is 825 g/mol. The number of para-hydroxylation sites is 1. The van der Waals surface area contributed by atoms with E-state index in [9.17, 15) is 0 Å². The molecule has 48 heavy (non-hydrogen) atoms. The number of benzene rings is 5. The van der Waals surface area contributed by atoms with Crippen LogP contribution in [0.4, 0.5) is 0 Å². The first-order valence-electron chi connectivity index (χ1n) is 16.2. The summed E-state index contributed by atoms with van der Waals surface area (Å²) in [6.45, 7) is 0. The number of rotatable bonds is 5. The Bertz CT molecular complexity index is 2320. The number of furan rings is 1. The molecule has 0 aliphatic heterocycles. The third-order valence-electron chi connectivity index (χ3n) is 8.23. The van der Waals surface area contributed by atoms with Gasteiger partial charge in [-0.25, -0.2) is 0 Å². The average Bonchev–Trinajstić information content (AvgIpc) is 3.51. The van der Waals surface area contributed by atoms with Crippen molar-refractivity contribution < 1.29 is 25.9 Å². The van der Waals surface area contributed by atoms with E-state index < -0.39 is 13.3 Å². The summed E-state index contributed by atoms with van der Waals surface area (Å²) < 4.78 is 15.6. The van der Waals surface area contributed by atoms with Gasteiger partial charge in [-0.05, 0) is 33.8 Å². The molecule has 0 spiro atoms. The van der Waals surface area contributed by atoms with Gasteiger partial charge in [0.15, 0.2) is 0 Å². The molecule has 1 radical (unpaired) electrons. The summed E-state index contributed by atoms with van der Waals surface area (Å²) in [6, 6.07) is 51.8. The van der Waals surface area contributed by atoms with Crippen LogP contribution in [0.3, 0.4) is 0 Å². The van der Waals surface area contributed by atoms with Crippen molar-refractivity contribution in [2.45, 2.75) is 17.3 Å². The van der Waals surface area contributed by atoms with Gasteiger partial charge in [0.25, 0.3) is 0 Å². The Labute approximate surface area is 299 Å². The van der Waals surface area contributed by atoms with Crippen molar-refractivity contribution in [2.75, 3.05) is 0 Å². The Kier molecular flexibility index (Phi) is 9.76. The van der Waals surface area contributed by atoms with Crippen molar-refractivity contribution in [3.63, 3.8) is 0 Å². The number of hydrogen-bond donors (Lipinski definition) is 0. The maximum atomic E-state index is 7.85. The molecule has 0 saturated heterocycles. The van der Waals surface area contributed by atoms with Crippen molar-refractivity contribution in [3.05, 3.63) is 164 Å². The van der Waals surface area contributed by atoms with Gasteiger partial charge in [0.1, 0.15) is 5.58 Å². The topological polar surface area (TPSA) is 38.9 Å². The third-order valence-corrected chi connectivity index (χ3v) is 12.5. The van der Waals surface area contributed by atoms with Crippen LogP contribution in [-0.2, 0) is 20.1 Å². The minimum Gasteiger partial charge on any atom is 0 e. The normalized spacial score (nSPS) is 11.4. The molecule has 5 heteroatoms. The molecule has 5 aromatic carbocycles. The number of fused-ring (bicyclic) bond motifs is 3. The van der Waals surface area contributed by atoms with E-state index in [1.165, 1.54) is 15.5 Å². The van der Waals surface area contributed by atoms with Crippen molar-refractivity contribution in [1.29, 1.82) is 0 Å². The second-order valence-electron chi connectivity index (χ2n) is 12.5. The maximum Gasteiger partial charge on any atom is 0 e. The van der Waals surface area contributed by atoms with E-state index in [-0.39, 0.29) is 20.1 Å². The Balaban J connectivity index is 0.000000208. The molecule has 0 atom stereocenters. The summed E-state index contributed by atoms with van der Waals surface area (Å²) in [5.74, 6) is 7.14. The standard InChI is InChI=1S/C29H18NO.C14H16GeN.Ir/c1-2-7-20(8-3-1)21-12-14-22(15-13-21)24-9-6-10-26-25-17-16-23(19-28(25)31-29(24)26)27-11-4-5-18-30-27;1-15(2,3)13-9-10-14(16-11-13)12-7-5-4-6-8-12;/h1-15,17-19H;4-7,9-11H,1-3H3;/q2*-1;/i4D;;. The van der Waals surface area contributed by atoms with Gasteiger partial charge in [0, 0.05) is 31.9 Å². The fourth-order valence-corrected chi connectivity index (χ4v) is 7.78. The van der Waals surface area contributed by atoms with Gasteiger partial charge >= 0.3 is 99.8 Å². The third kappa shape index (κ3) is 7.27. The zero-order valence-electron chi connectivity index (χ0n) is 28.0. The molecule has 0 N–H and O–H groups in total. The molecule has 8 aromatic rings. The van der Waals surface area contributed by atoms with Gasteiger partial charge in [-0.3, -0.25) is 0 Å². The summed E-state index contributed by atoms with van der Waals surface area (Å²) in [5, 5.41) is 2.09.